The highest BCUT2D eigenvalue weighted by Gasteiger charge is 2.34. The predicted octanol–water partition coefficient (Wildman–Crippen LogP) is 5.90. The minimum absolute atomic E-state index is 0.00208. The molecule has 1 aliphatic heterocycles. The number of hydrogen-bond acceptors (Lipinski definition) is 6. The molecule has 33 heavy (non-hydrogen) atoms. The molecule has 0 saturated carbocycles. The van der Waals surface area contributed by atoms with Crippen LogP contribution in [0.3, 0.4) is 0 Å². The van der Waals surface area contributed by atoms with Gasteiger partial charge >= 0.3 is 0 Å². The van der Waals surface area contributed by atoms with Crippen LogP contribution < -0.4 is 4.74 Å². The van der Waals surface area contributed by atoms with E-state index in [2.05, 4.69) is 0 Å². The Morgan fingerprint density at radius 3 is 2.64 bits per heavy atom. The van der Waals surface area contributed by atoms with Gasteiger partial charge in [-0.3, -0.25) is 9.69 Å². The molecule has 0 unspecified atom stereocenters. The molecule has 166 valence electrons. The van der Waals surface area contributed by atoms with E-state index in [1.807, 2.05) is 80.7 Å². The molecule has 1 fully saturated rings. The number of para-hydroxylation sites is 2. The average Bonchev–Trinajstić information content (AvgIpc) is 3.49. The minimum atomic E-state index is -0.0929. The van der Waals surface area contributed by atoms with Gasteiger partial charge in [0.05, 0.1) is 17.7 Å². The lowest BCUT2D eigenvalue weighted by molar-refractivity contribution is -0.123. The van der Waals surface area contributed by atoms with Crippen LogP contribution in [0.5, 0.6) is 5.75 Å². The van der Waals surface area contributed by atoms with Gasteiger partial charge in [0.2, 0.25) is 0 Å². The zero-order valence-corrected chi connectivity index (χ0v) is 19.9. The van der Waals surface area contributed by atoms with Gasteiger partial charge in [0.15, 0.2) is 17.1 Å². The Bertz CT molecular complexity index is 1400. The Kier molecular flexibility index (Phi) is 5.55. The van der Waals surface area contributed by atoms with E-state index in [-0.39, 0.29) is 11.9 Å². The van der Waals surface area contributed by atoms with Crippen LogP contribution in [0, 0.1) is 0 Å². The van der Waals surface area contributed by atoms with Crippen LogP contribution in [0.1, 0.15) is 19.4 Å². The van der Waals surface area contributed by atoms with Crippen LogP contribution in [0.4, 0.5) is 0 Å². The van der Waals surface area contributed by atoms with Crippen molar-refractivity contribution in [2.45, 2.75) is 19.9 Å². The van der Waals surface area contributed by atoms with Crippen LogP contribution in [0.15, 0.2) is 70.1 Å². The lowest BCUT2D eigenvalue weighted by Crippen LogP contribution is -2.34. The first kappa shape index (κ1) is 21.5. The summed E-state index contributed by atoms with van der Waals surface area (Å²) in [6, 6.07) is 17.5. The molecule has 2 aromatic heterocycles. The number of methoxy groups -OCH3 is 1. The lowest BCUT2D eigenvalue weighted by Gasteiger charge is -2.18. The second-order valence-electron chi connectivity index (χ2n) is 7.85. The van der Waals surface area contributed by atoms with Gasteiger partial charge in [-0.25, -0.2) is 4.68 Å². The lowest BCUT2D eigenvalue weighted by atomic mass is 10.1. The summed E-state index contributed by atoms with van der Waals surface area (Å²) >= 11 is 6.75. The first-order valence-electron chi connectivity index (χ1n) is 10.5. The normalized spacial score (nSPS) is 15.4. The molecule has 8 heteroatoms. The number of thioether (sulfide) groups is 1. The summed E-state index contributed by atoms with van der Waals surface area (Å²) in [6.45, 7) is 3.91. The van der Waals surface area contributed by atoms with Crippen molar-refractivity contribution in [1.82, 2.24) is 14.7 Å². The van der Waals surface area contributed by atoms with Gasteiger partial charge in [0.25, 0.3) is 5.91 Å². The third-order valence-electron chi connectivity index (χ3n) is 5.35. The molecule has 4 aromatic rings. The molecule has 0 aliphatic carbocycles. The van der Waals surface area contributed by atoms with E-state index in [4.69, 9.17) is 26.5 Å². The number of aromatic nitrogens is 2. The molecule has 0 bridgehead atoms. The molecule has 0 spiro atoms. The summed E-state index contributed by atoms with van der Waals surface area (Å²) in [5, 5.41) is 5.72. The van der Waals surface area contributed by atoms with E-state index in [1.165, 1.54) is 11.8 Å². The second-order valence-corrected chi connectivity index (χ2v) is 9.52. The smallest absolute Gasteiger partial charge is 0.266 e. The number of furan rings is 1. The van der Waals surface area contributed by atoms with E-state index in [1.54, 1.807) is 16.7 Å². The highest BCUT2D eigenvalue weighted by Crippen LogP contribution is 2.38. The molecule has 2 aromatic carbocycles. The Balaban J connectivity index is 1.66. The SMILES string of the molecule is COc1cccc2cc(-c3nn(-c4ccccc4)cc3C=C3SC(=S)N(C(C)C)C3=O)oc12. The van der Waals surface area contributed by atoms with Gasteiger partial charge in [-0.1, -0.05) is 54.3 Å². The van der Waals surface area contributed by atoms with Gasteiger partial charge in [-0.15, -0.1) is 0 Å². The Morgan fingerprint density at radius 2 is 1.94 bits per heavy atom. The molecule has 0 radical (unpaired) electrons. The first-order chi connectivity index (χ1) is 16.0. The second kappa shape index (κ2) is 8.53. The summed E-state index contributed by atoms with van der Waals surface area (Å²) in [5.74, 6) is 1.15. The Morgan fingerprint density at radius 1 is 1.15 bits per heavy atom. The molecule has 1 saturated heterocycles. The maximum Gasteiger partial charge on any atom is 0.266 e. The summed E-state index contributed by atoms with van der Waals surface area (Å²) in [6.07, 6.45) is 3.74. The van der Waals surface area contributed by atoms with Crippen molar-refractivity contribution >= 4 is 51.3 Å². The molecular weight excluding hydrogens is 454 g/mol. The number of thiocarbonyl (C=S) groups is 1. The number of hydrogen-bond donors (Lipinski definition) is 0. The van der Waals surface area contributed by atoms with Gasteiger partial charge in [-0.2, -0.15) is 5.10 Å². The van der Waals surface area contributed by atoms with E-state index in [0.29, 0.717) is 32.0 Å². The molecule has 6 nitrogen and oxygen atoms in total. The molecule has 5 rings (SSSR count). The van der Waals surface area contributed by atoms with Crippen LogP contribution in [-0.4, -0.2) is 38.1 Å². The van der Waals surface area contributed by atoms with Gasteiger partial charge in [0, 0.05) is 23.2 Å². The molecular formula is C25H21N3O3S2. The zero-order chi connectivity index (χ0) is 23.1. The molecule has 0 N–H and O–H groups in total. The van der Waals surface area contributed by atoms with Crippen LogP contribution in [-0.2, 0) is 4.79 Å². The first-order valence-corrected chi connectivity index (χ1v) is 11.7. The summed E-state index contributed by atoms with van der Waals surface area (Å²) in [4.78, 5) is 15.2. The van der Waals surface area contributed by atoms with Gasteiger partial charge in [-0.05, 0) is 44.2 Å². The zero-order valence-electron chi connectivity index (χ0n) is 18.3. The number of rotatable bonds is 5. The number of carbonyl (C=O) groups is 1. The quantitative estimate of drug-likeness (QED) is 0.264. The molecule has 1 amide bonds. The van der Waals surface area contributed by atoms with Crippen molar-refractivity contribution in [1.29, 1.82) is 0 Å². The third kappa shape index (κ3) is 3.85. The number of ether oxygens (including phenoxy) is 1. The number of fused-ring (bicyclic) bond motifs is 1. The van der Waals surface area contributed by atoms with E-state index < -0.39 is 0 Å². The summed E-state index contributed by atoms with van der Waals surface area (Å²) in [5.41, 5.74) is 2.95. The summed E-state index contributed by atoms with van der Waals surface area (Å²) in [7, 11) is 1.61. The average molecular weight is 476 g/mol. The maximum absolute atomic E-state index is 13.0. The predicted molar refractivity (Wildman–Crippen MR) is 135 cm³/mol. The fourth-order valence-electron chi connectivity index (χ4n) is 3.78. The van der Waals surface area contributed by atoms with Crippen molar-refractivity contribution in [2.75, 3.05) is 7.11 Å². The van der Waals surface area contributed by atoms with Crippen molar-refractivity contribution in [3.8, 4) is 22.9 Å². The van der Waals surface area contributed by atoms with Crippen LogP contribution in [0.25, 0.3) is 34.2 Å². The minimum Gasteiger partial charge on any atom is -0.493 e. The van der Waals surface area contributed by atoms with Gasteiger partial charge in [0.1, 0.15) is 10.0 Å². The topological polar surface area (TPSA) is 60.5 Å². The molecule has 3 heterocycles. The van der Waals surface area contributed by atoms with Crippen molar-refractivity contribution in [3.63, 3.8) is 0 Å². The van der Waals surface area contributed by atoms with E-state index in [0.717, 1.165) is 16.6 Å². The fraction of sp³-hybridized carbons (Fsp3) is 0.160. The highest BCUT2D eigenvalue weighted by atomic mass is 32.2. The Hall–Kier alpha value is -3.36. The van der Waals surface area contributed by atoms with Crippen molar-refractivity contribution in [3.05, 3.63) is 71.3 Å². The van der Waals surface area contributed by atoms with E-state index in [9.17, 15) is 4.79 Å². The monoisotopic (exact) mass is 475 g/mol. The third-order valence-corrected chi connectivity index (χ3v) is 6.68. The number of carbonyl (C=O) groups excluding carboxylic acids is 1. The number of nitrogens with zero attached hydrogens (tertiary/aromatic N) is 3. The largest absolute Gasteiger partial charge is 0.493 e. The highest BCUT2D eigenvalue weighted by molar-refractivity contribution is 8.26. The Labute approximate surface area is 200 Å². The van der Waals surface area contributed by atoms with Crippen molar-refractivity contribution < 1.29 is 13.9 Å². The number of amides is 1. The molecule has 1 aliphatic rings. The molecule has 0 atom stereocenters. The fourth-order valence-corrected chi connectivity index (χ4v) is 5.29. The standard InChI is InChI=1S/C25H21N3O3S2/c1-15(2)28-24(29)21(33-25(28)32)13-17-14-27(18-9-5-4-6-10-18)26-22(17)20-12-16-8-7-11-19(30-3)23(16)31-20/h4-15H,1-3H3. The van der Waals surface area contributed by atoms with Gasteiger partial charge < -0.3 is 9.15 Å². The maximum atomic E-state index is 13.0. The van der Waals surface area contributed by atoms with Crippen molar-refractivity contribution in [2.24, 2.45) is 0 Å². The number of benzene rings is 2. The van der Waals surface area contributed by atoms with Crippen LogP contribution in [0.2, 0.25) is 0 Å². The van der Waals surface area contributed by atoms with Crippen LogP contribution >= 0.6 is 24.0 Å². The summed E-state index contributed by atoms with van der Waals surface area (Å²) < 4.78 is 14.0. The van der Waals surface area contributed by atoms with E-state index >= 15 is 0 Å².